The molecule has 0 aromatic carbocycles. The first-order valence-electron chi connectivity index (χ1n) is 3.92. The fourth-order valence-corrected chi connectivity index (χ4v) is 0.577. The van der Waals surface area contributed by atoms with E-state index in [0.717, 1.165) is 12.8 Å². The van der Waals surface area contributed by atoms with Crippen LogP contribution in [-0.2, 0) is 9.53 Å². The molecule has 0 aromatic heterocycles. The van der Waals surface area contributed by atoms with Crippen molar-refractivity contribution in [2.45, 2.75) is 32.6 Å². The number of rotatable bonds is 7. The van der Waals surface area contributed by atoms with E-state index in [1.54, 1.807) is 6.61 Å². The standard InChI is InChI=1S/C8H15O3/c1-2-3-6-11-7-4-5-8(9)10/h7H,2-6H2,1H3,(H,9,10). The van der Waals surface area contributed by atoms with Crippen LogP contribution in [0.2, 0.25) is 0 Å². The quantitative estimate of drug-likeness (QED) is 0.576. The van der Waals surface area contributed by atoms with Crippen LogP contribution in [0.5, 0.6) is 0 Å². The van der Waals surface area contributed by atoms with E-state index >= 15 is 0 Å². The summed E-state index contributed by atoms with van der Waals surface area (Å²) in [6.45, 7) is 4.36. The number of ether oxygens (including phenoxy) is 1. The Morgan fingerprint density at radius 2 is 2.36 bits per heavy atom. The van der Waals surface area contributed by atoms with Gasteiger partial charge in [-0.15, -0.1) is 0 Å². The molecule has 0 rings (SSSR count). The second kappa shape index (κ2) is 7.54. The molecule has 0 heterocycles. The first-order valence-corrected chi connectivity index (χ1v) is 3.92. The van der Waals surface area contributed by atoms with Gasteiger partial charge in [-0.05, 0) is 12.8 Å². The summed E-state index contributed by atoms with van der Waals surface area (Å²) >= 11 is 0. The Morgan fingerprint density at radius 1 is 1.64 bits per heavy atom. The van der Waals surface area contributed by atoms with Crippen molar-refractivity contribution >= 4 is 5.97 Å². The van der Waals surface area contributed by atoms with Crippen LogP contribution in [0, 0.1) is 6.61 Å². The third-order valence-electron chi connectivity index (χ3n) is 1.21. The highest BCUT2D eigenvalue weighted by Crippen LogP contribution is 1.97. The molecule has 0 unspecified atom stereocenters. The molecule has 0 aliphatic rings. The van der Waals surface area contributed by atoms with Crippen molar-refractivity contribution in [1.29, 1.82) is 0 Å². The fraction of sp³-hybridized carbons (Fsp3) is 0.750. The predicted molar refractivity (Wildman–Crippen MR) is 42.0 cm³/mol. The van der Waals surface area contributed by atoms with E-state index in [2.05, 4.69) is 6.92 Å². The van der Waals surface area contributed by atoms with Gasteiger partial charge in [0, 0.05) is 13.0 Å². The molecule has 0 spiro atoms. The molecular formula is C8H15O3. The molecule has 0 saturated carbocycles. The van der Waals surface area contributed by atoms with Crippen LogP contribution >= 0.6 is 0 Å². The van der Waals surface area contributed by atoms with Crippen LogP contribution in [0.15, 0.2) is 0 Å². The van der Waals surface area contributed by atoms with Crippen LogP contribution in [-0.4, -0.2) is 17.7 Å². The molecule has 0 fully saturated rings. The molecule has 0 bridgehead atoms. The Balaban J connectivity index is 2.85. The van der Waals surface area contributed by atoms with Gasteiger partial charge in [0.2, 0.25) is 0 Å². The Kier molecular flexibility index (Phi) is 7.15. The highest BCUT2D eigenvalue weighted by atomic mass is 16.5. The van der Waals surface area contributed by atoms with Gasteiger partial charge in [-0.2, -0.15) is 0 Å². The van der Waals surface area contributed by atoms with Crippen molar-refractivity contribution in [1.82, 2.24) is 0 Å². The van der Waals surface area contributed by atoms with Crippen molar-refractivity contribution in [3.05, 3.63) is 6.61 Å². The van der Waals surface area contributed by atoms with Crippen LogP contribution in [0.1, 0.15) is 32.6 Å². The number of aliphatic carboxylic acids is 1. The maximum atomic E-state index is 10.0. The summed E-state index contributed by atoms with van der Waals surface area (Å²) < 4.78 is 5.04. The summed E-state index contributed by atoms with van der Waals surface area (Å²) in [4.78, 5) is 10.0. The maximum absolute atomic E-state index is 10.0. The predicted octanol–water partition coefficient (Wildman–Crippen LogP) is 1.83. The molecule has 1 radical (unpaired) electrons. The van der Waals surface area contributed by atoms with Gasteiger partial charge < -0.3 is 9.84 Å². The Bertz CT molecular complexity index is 102. The van der Waals surface area contributed by atoms with Crippen LogP contribution < -0.4 is 0 Å². The summed E-state index contributed by atoms with van der Waals surface area (Å²) in [6.07, 6.45) is 2.79. The highest BCUT2D eigenvalue weighted by molar-refractivity contribution is 5.66. The van der Waals surface area contributed by atoms with Crippen LogP contribution in [0.25, 0.3) is 0 Å². The zero-order chi connectivity index (χ0) is 8.53. The lowest BCUT2D eigenvalue weighted by Crippen LogP contribution is -1.96. The van der Waals surface area contributed by atoms with E-state index in [4.69, 9.17) is 9.84 Å². The van der Waals surface area contributed by atoms with E-state index in [1.165, 1.54) is 0 Å². The molecule has 0 amide bonds. The van der Waals surface area contributed by atoms with Gasteiger partial charge in [0.15, 0.2) is 0 Å². The molecular weight excluding hydrogens is 144 g/mol. The fourth-order valence-electron chi connectivity index (χ4n) is 0.577. The van der Waals surface area contributed by atoms with Gasteiger partial charge in [-0.3, -0.25) is 4.79 Å². The smallest absolute Gasteiger partial charge is 0.303 e. The van der Waals surface area contributed by atoms with Crippen molar-refractivity contribution in [2.24, 2.45) is 0 Å². The molecule has 0 aliphatic heterocycles. The molecule has 65 valence electrons. The highest BCUT2D eigenvalue weighted by Gasteiger charge is 1.95. The molecule has 0 atom stereocenters. The maximum Gasteiger partial charge on any atom is 0.303 e. The second-order valence-electron chi connectivity index (χ2n) is 2.32. The van der Waals surface area contributed by atoms with Crippen molar-refractivity contribution in [2.75, 3.05) is 6.61 Å². The average molecular weight is 159 g/mol. The summed E-state index contributed by atoms with van der Waals surface area (Å²) in [6, 6.07) is 0. The number of carboxylic acid groups (broad SMARTS) is 1. The van der Waals surface area contributed by atoms with E-state index in [0.29, 0.717) is 13.0 Å². The number of unbranched alkanes of at least 4 members (excludes halogenated alkanes) is 1. The number of carboxylic acids is 1. The van der Waals surface area contributed by atoms with Gasteiger partial charge in [0.1, 0.15) is 0 Å². The van der Waals surface area contributed by atoms with E-state index < -0.39 is 5.97 Å². The zero-order valence-electron chi connectivity index (χ0n) is 6.88. The largest absolute Gasteiger partial charge is 0.481 e. The Morgan fingerprint density at radius 3 is 2.91 bits per heavy atom. The Labute approximate surface area is 67.4 Å². The molecule has 3 heteroatoms. The van der Waals surface area contributed by atoms with Crippen LogP contribution in [0.4, 0.5) is 0 Å². The lowest BCUT2D eigenvalue weighted by molar-refractivity contribution is -0.137. The van der Waals surface area contributed by atoms with Crippen LogP contribution in [0.3, 0.4) is 0 Å². The SMILES string of the molecule is CCCCO[CH]CCC(=O)O. The molecule has 1 N–H and O–H groups in total. The van der Waals surface area contributed by atoms with Crippen molar-refractivity contribution in [3.63, 3.8) is 0 Å². The molecule has 0 aromatic rings. The Hall–Kier alpha value is -0.570. The minimum Gasteiger partial charge on any atom is -0.481 e. The van der Waals surface area contributed by atoms with E-state index in [1.807, 2.05) is 0 Å². The molecule has 11 heavy (non-hydrogen) atoms. The second-order valence-corrected chi connectivity index (χ2v) is 2.32. The topological polar surface area (TPSA) is 46.5 Å². The first kappa shape index (κ1) is 10.4. The minimum atomic E-state index is -0.777. The monoisotopic (exact) mass is 159 g/mol. The zero-order valence-corrected chi connectivity index (χ0v) is 6.88. The molecule has 3 nitrogen and oxygen atoms in total. The van der Waals surface area contributed by atoms with Gasteiger partial charge in [-0.1, -0.05) is 13.3 Å². The third kappa shape index (κ3) is 9.43. The lowest BCUT2D eigenvalue weighted by atomic mass is 10.3. The minimum absolute atomic E-state index is 0.159. The number of hydrogen-bond donors (Lipinski definition) is 1. The van der Waals surface area contributed by atoms with Gasteiger partial charge in [0.25, 0.3) is 0 Å². The molecule has 0 saturated heterocycles. The van der Waals surface area contributed by atoms with E-state index in [-0.39, 0.29) is 6.42 Å². The van der Waals surface area contributed by atoms with Gasteiger partial charge in [0.05, 0.1) is 6.61 Å². The number of hydrogen-bond acceptors (Lipinski definition) is 2. The average Bonchev–Trinajstić information content (AvgIpc) is 1.96. The lowest BCUT2D eigenvalue weighted by Gasteiger charge is -1.99. The summed E-state index contributed by atoms with van der Waals surface area (Å²) in [7, 11) is 0. The summed E-state index contributed by atoms with van der Waals surface area (Å²) in [5.41, 5.74) is 0. The third-order valence-corrected chi connectivity index (χ3v) is 1.21. The first-order chi connectivity index (χ1) is 5.27. The van der Waals surface area contributed by atoms with Gasteiger partial charge in [-0.25, -0.2) is 0 Å². The molecule has 0 aliphatic carbocycles. The number of carbonyl (C=O) groups is 1. The van der Waals surface area contributed by atoms with Crippen molar-refractivity contribution < 1.29 is 14.6 Å². The van der Waals surface area contributed by atoms with Gasteiger partial charge >= 0.3 is 5.97 Å². The van der Waals surface area contributed by atoms with Crippen molar-refractivity contribution in [3.8, 4) is 0 Å². The van der Waals surface area contributed by atoms with E-state index in [9.17, 15) is 4.79 Å². The normalized spacial score (nSPS) is 9.91. The summed E-state index contributed by atoms with van der Waals surface area (Å²) in [5, 5.41) is 8.24. The summed E-state index contributed by atoms with van der Waals surface area (Å²) in [5.74, 6) is -0.777.